The second-order valence-corrected chi connectivity index (χ2v) is 7.61. The summed E-state index contributed by atoms with van der Waals surface area (Å²) >= 11 is 0. The van der Waals surface area contributed by atoms with Crippen LogP contribution in [0.2, 0.25) is 0 Å². The van der Waals surface area contributed by atoms with Crippen LogP contribution >= 0.6 is 0 Å². The number of nitrogen functional groups attached to an aromatic ring is 3. The van der Waals surface area contributed by atoms with Gasteiger partial charge in [0.25, 0.3) is 0 Å². The number of hydrogen-bond donors (Lipinski definition) is 4. The molecule has 160 valence electrons. The molecule has 4 heterocycles. The molecule has 1 atom stereocenters. The van der Waals surface area contributed by atoms with Gasteiger partial charge in [-0.3, -0.25) is 9.78 Å². The van der Waals surface area contributed by atoms with Gasteiger partial charge in [0, 0.05) is 55.4 Å². The molecule has 0 aromatic carbocycles. The van der Waals surface area contributed by atoms with E-state index >= 15 is 0 Å². The van der Waals surface area contributed by atoms with Crippen molar-refractivity contribution in [1.29, 1.82) is 0 Å². The molecule has 0 spiro atoms. The van der Waals surface area contributed by atoms with Crippen molar-refractivity contribution in [1.82, 2.24) is 19.9 Å². The SMILES string of the molecule is Nc1ncc(-c2ccc(N)c(C(=O)Cc3cnccc3N3CCC[C@H](N)C3)n2)c(N)n1. The summed E-state index contributed by atoms with van der Waals surface area (Å²) in [6, 6.07) is 5.33. The first-order chi connectivity index (χ1) is 14.9. The maximum atomic E-state index is 13.2. The van der Waals surface area contributed by atoms with E-state index in [4.69, 9.17) is 22.9 Å². The number of ketones is 1. The molecule has 1 fully saturated rings. The molecule has 0 unspecified atom stereocenters. The maximum absolute atomic E-state index is 13.2. The second kappa shape index (κ2) is 8.52. The minimum absolute atomic E-state index is 0.0644. The van der Waals surface area contributed by atoms with Gasteiger partial charge in [-0.25, -0.2) is 9.97 Å². The molecular formula is C21H25N9O. The largest absolute Gasteiger partial charge is 0.397 e. The van der Waals surface area contributed by atoms with Crippen LogP contribution in [0.25, 0.3) is 11.3 Å². The summed E-state index contributed by atoms with van der Waals surface area (Å²) in [7, 11) is 0. The van der Waals surface area contributed by atoms with Crippen molar-refractivity contribution in [2.24, 2.45) is 5.73 Å². The normalized spacial score (nSPS) is 16.3. The molecule has 3 aromatic rings. The van der Waals surface area contributed by atoms with Crippen molar-refractivity contribution in [3.63, 3.8) is 0 Å². The van der Waals surface area contributed by atoms with Crippen molar-refractivity contribution >= 4 is 28.9 Å². The summed E-state index contributed by atoms with van der Waals surface area (Å²) in [5.74, 6) is 0.0264. The van der Waals surface area contributed by atoms with Crippen LogP contribution in [-0.4, -0.2) is 44.9 Å². The van der Waals surface area contributed by atoms with Crippen molar-refractivity contribution in [3.8, 4) is 11.3 Å². The molecule has 0 saturated carbocycles. The number of hydrogen-bond acceptors (Lipinski definition) is 10. The Morgan fingerprint density at radius 1 is 1.13 bits per heavy atom. The summed E-state index contributed by atoms with van der Waals surface area (Å²) in [6.45, 7) is 1.64. The molecule has 1 aliphatic rings. The Bertz CT molecular complexity index is 1120. The van der Waals surface area contributed by atoms with Crippen LogP contribution < -0.4 is 27.8 Å². The van der Waals surface area contributed by atoms with Crippen LogP contribution in [0.1, 0.15) is 28.9 Å². The molecule has 10 nitrogen and oxygen atoms in total. The van der Waals surface area contributed by atoms with Gasteiger partial charge in [-0.15, -0.1) is 0 Å². The minimum atomic E-state index is -0.218. The number of carbonyl (C=O) groups excluding carboxylic acids is 1. The van der Waals surface area contributed by atoms with E-state index in [9.17, 15) is 4.79 Å². The number of nitrogens with zero attached hydrogens (tertiary/aromatic N) is 5. The summed E-state index contributed by atoms with van der Waals surface area (Å²) in [4.78, 5) is 31.9. The first-order valence-electron chi connectivity index (χ1n) is 10.0. The lowest BCUT2D eigenvalue weighted by Crippen LogP contribution is -2.43. The highest BCUT2D eigenvalue weighted by Gasteiger charge is 2.22. The molecule has 0 radical (unpaired) electrons. The lowest BCUT2D eigenvalue weighted by molar-refractivity contribution is 0.0989. The van der Waals surface area contributed by atoms with Crippen molar-refractivity contribution in [2.75, 3.05) is 35.2 Å². The predicted molar refractivity (Wildman–Crippen MR) is 120 cm³/mol. The van der Waals surface area contributed by atoms with Gasteiger partial charge in [0.15, 0.2) is 5.78 Å². The van der Waals surface area contributed by atoms with Crippen molar-refractivity contribution in [3.05, 3.63) is 48.0 Å². The lowest BCUT2D eigenvalue weighted by Gasteiger charge is -2.33. The molecule has 1 aliphatic heterocycles. The summed E-state index contributed by atoms with van der Waals surface area (Å²) in [5.41, 5.74) is 26.9. The van der Waals surface area contributed by atoms with Crippen LogP contribution in [0.4, 0.5) is 23.1 Å². The molecule has 0 bridgehead atoms. The van der Waals surface area contributed by atoms with Crippen LogP contribution in [0.15, 0.2) is 36.8 Å². The number of Topliss-reactive ketones (excluding diaryl/α,β-unsaturated/α-hetero) is 1. The summed E-state index contributed by atoms with van der Waals surface area (Å²) < 4.78 is 0. The van der Waals surface area contributed by atoms with Gasteiger partial charge in [-0.1, -0.05) is 0 Å². The first-order valence-corrected chi connectivity index (χ1v) is 10.0. The van der Waals surface area contributed by atoms with Gasteiger partial charge < -0.3 is 27.8 Å². The Balaban J connectivity index is 1.63. The zero-order valence-electron chi connectivity index (χ0n) is 17.0. The molecule has 10 heteroatoms. The molecule has 0 aliphatic carbocycles. The minimum Gasteiger partial charge on any atom is -0.397 e. The fraction of sp³-hybridized carbons (Fsp3) is 0.286. The number of rotatable bonds is 5. The van der Waals surface area contributed by atoms with Gasteiger partial charge in [-0.2, -0.15) is 4.98 Å². The topological polar surface area (TPSA) is 176 Å². The number of pyridine rings is 2. The third kappa shape index (κ3) is 4.38. The van der Waals surface area contributed by atoms with Crippen LogP contribution in [0, 0.1) is 0 Å². The lowest BCUT2D eigenvalue weighted by atomic mass is 10.0. The Hall–Kier alpha value is -3.79. The van der Waals surface area contributed by atoms with Crippen LogP contribution in [-0.2, 0) is 6.42 Å². The van der Waals surface area contributed by atoms with Crippen LogP contribution in [0.3, 0.4) is 0 Å². The standard InChI is InChI=1S/C21H25N9O/c22-13-2-1-7-30(11-13)17-5-6-26-9-12(17)8-18(31)19-15(23)3-4-16(28-19)14-10-27-21(25)29-20(14)24/h3-6,9-10,13H,1-2,7-8,11,22-23H2,(H4,24,25,27,29)/t13-/m0/s1. The van der Waals surface area contributed by atoms with Gasteiger partial charge in [-0.05, 0) is 31.0 Å². The van der Waals surface area contributed by atoms with Crippen molar-refractivity contribution in [2.45, 2.75) is 25.3 Å². The average molecular weight is 419 g/mol. The summed E-state index contributed by atoms with van der Waals surface area (Å²) in [6.07, 6.45) is 7.03. The Kier molecular flexibility index (Phi) is 5.63. The maximum Gasteiger partial charge on any atom is 0.221 e. The molecule has 4 rings (SSSR count). The predicted octanol–water partition coefficient (Wildman–Crippen LogP) is 1.03. The summed E-state index contributed by atoms with van der Waals surface area (Å²) in [5, 5.41) is 0. The van der Waals surface area contributed by atoms with Crippen molar-refractivity contribution < 1.29 is 4.79 Å². The Labute approximate surface area is 179 Å². The van der Waals surface area contributed by atoms with E-state index in [0.29, 0.717) is 11.3 Å². The highest BCUT2D eigenvalue weighted by molar-refractivity contribution is 6.01. The number of aromatic nitrogens is 4. The van der Waals surface area contributed by atoms with E-state index in [2.05, 4.69) is 24.8 Å². The number of piperidine rings is 1. The number of carbonyl (C=O) groups is 1. The zero-order valence-corrected chi connectivity index (χ0v) is 17.0. The van der Waals surface area contributed by atoms with E-state index in [1.807, 2.05) is 6.07 Å². The third-order valence-electron chi connectivity index (χ3n) is 5.33. The zero-order chi connectivity index (χ0) is 22.0. The van der Waals surface area contributed by atoms with Gasteiger partial charge in [0.05, 0.1) is 16.9 Å². The third-order valence-corrected chi connectivity index (χ3v) is 5.33. The molecule has 3 aromatic heterocycles. The van der Waals surface area contributed by atoms with E-state index in [1.165, 1.54) is 6.20 Å². The molecule has 1 saturated heterocycles. The molecule has 31 heavy (non-hydrogen) atoms. The average Bonchev–Trinajstić information content (AvgIpc) is 2.75. The van der Waals surface area contributed by atoms with E-state index in [-0.39, 0.29) is 41.4 Å². The monoisotopic (exact) mass is 419 g/mol. The number of nitrogens with two attached hydrogens (primary N) is 4. The van der Waals surface area contributed by atoms with E-state index < -0.39 is 0 Å². The fourth-order valence-electron chi connectivity index (χ4n) is 3.80. The van der Waals surface area contributed by atoms with Gasteiger partial charge in [0.2, 0.25) is 5.95 Å². The van der Waals surface area contributed by atoms with E-state index in [0.717, 1.165) is 37.2 Å². The Morgan fingerprint density at radius 3 is 2.74 bits per heavy atom. The molecular weight excluding hydrogens is 394 g/mol. The fourth-order valence-corrected chi connectivity index (χ4v) is 3.80. The highest BCUT2D eigenvalue weighted by atomic mass is 16.1. The van der Waals surface area contributed by atoms with E-state index in [1.54, 1.807) is 24.5 Å². The molecule has 0 amide bonds. The van der Waals surface area contributed by atoms with Gasteiger partial charge >= 0.3 is 0 Å². The number of anilines is 4. The second-order valence-electron chi connectivity index (χ2n) is 7.61. The smallest absolute Gasteiger partial charge is 0.221 e. The Morgan fingerprint density at radius 2 is 1.97 bits per heavy atom. The first kappa shape index (κ1) is 20.5. The quantitative estimate of drug-likeness (QED) is 0.437. The van der Waals surface area contributed by atoms with Crippen LogP contribution in [0.5, 0.6) is 0 Å². The van der Waals surface area contributed by atoms with Gasteiger partial charge in [0.1, 0.15) is 11.5 Å². The highest BCUT2D eigenvalue weighted by Crippen LogP contribution is 2.27. The molecule has 8 N–H and O–H groups in total.